The number of rotatable bonds is 4. The van der Waals surface area contributed by atoms with Gasteiger partial charge >= 0.3 is 5.82 Å². The first-order valence-electron chi connectivity index (χ1n) is 6.28. The summed E-state index contributed by atoms with van der Waals surface area (Å²) >= 11 is 3.46. The highest BCUT2D eigenvalue weighted by atomic mass is 79.9. The maximum absolute atomic E-state index is 12.1. The van der Waals surface area contributed by atoms with Crippen molar-refractivity contribution in [1.29, 1.82) is 0 Å². The van der Waals surface area contributed by atoms with Crippen LogP contribution in [0.25, 0.3) is 0 Å². The number of nitrogens with zero attached hydrogens (tertiary/aromatic N) is 1. The Balaban J connectivity index is 2.08. The summed E-state index contributed by atoms with van der Waals surface area (Å²) in [7, 11) is 0. The molecule has 1 amide bonds. The summed E-state index contributed by atoms with van der Waals surface area (Å²) in [6.07, 6.45) is 5.26. The van der Waals surface area contributed by atoms with Crippen LogP contribution in [0.4, 0.5) is 5.82 Å². The Kier molecular flexibility index (Phi) is 4.24. The Labute approximate surface area is 119 Å². The Morgan fingerprint density at radius 2 is 2.11 bits per heavy atom. The summed E-state index contributed by atoms with van der Waals surface area (Å²) < 4.78 is 0. The predicted octanol–water partition coefficient (Wildman–Crippen LogP) is 2.75. The fourth-order valence-electron chi connectivity index (χ4n) is 2.45. The minimum atomic E-state index is -0.544. The van der Waals surface area contributed by atoms with Crippen LogP contribution < -0.4 is 5.32 Å². The van der Waals surface area contributed by atoms with Crippen LogP contribution >= 0.6 is 15.9 Å². The van der Waals surface area contributed by atoms with Crippen molar-refractivity contribution in [3.05, 3.63) is 27.9 Å². The highest BCUT2D eigenvalue weighted by molar-refractivity contribution is 9.09. The Morgan fingerprint density at radius 1 is 1.42 bits per heavy atom. The van der Waals surface area contributed by atoms with Crippen molar-refractivity contribution in [2.45, 2.75) is 37.6 Å². The van der Waals surface area contributed by atoms with E-state index in [1.54, 1.807) is 0 Å². The van der Waals surface area contributed by atoms with Gasteiger partial charge in [0.25, 0.3) is 5.91 Å². The van der Waals surface area contributed by atoms with Crippen LogP contribution in [0.15, 0.2) is 12.1 Å². The van der Waals surface area contributed by atoms with Gasteiger partial charge in [-0.15, -0.1) is 0 Å². The van der Waals surface area contributed by atoms with Gasteiger partial charge in [-0.2, -0.15) is 0 Å². The molecule has 2 N–H and O–H groups in total. The normalized spacial score (nSPS) is 17.9. The van der Waals surface area contributed by atoms with Crippen LogP contribution in [0.5, 0.6) is 0 Å². The fourth-order valence-corrected chi connectivity index (χ4v) is 3.15. The maximum atomic E-state index is 12.1. The van der Waals surface area contributed by atoms with Crippen molar-refractivity contribution >= 4 is 27.7 Å². The van der Waals surface area contributed by atoms with E-state index in [4.69, 9.17) is 0 Å². The average Bonchev–Trinajstić information content (AvgIpc) is 2.89. The zero-order chi connectivity index (χ0) is 13.9. The van der Waals surface area contributed by atoms with Gasteiger partial charge in [-0.3, -0.25) is 4.79 Å². The minimum Gasteiger partial charge on any atom is -0.358 e. The highest BCUT2D eigenvalue weighted by Crippen LogP contribution is 2.30. The first-order valence-corrected chi connectivity index (χ1v) is 7.40. The number of H-pyrrole nitrogens is 1. The van der Waals surface area contributed by atoms with Crippen molar-refractivity contribution in [3.63, 3.8) is 0 Å². The number of carbonyl (C=O) groups excluding carboxylic acids is 1. The Morgan fingerprint density at radius 3 is 2.63 bits per heavy atom. The molecule has 1 aliphatic carbocycles. The third-order valence-electron chi connectivity index (χ3n) is 3.56. The summed E-state index contributed by atoms with van der Waals surface area (Å²) in [6.45, 7) is 0. The van der Waals surface area contributed by atoms with Crippen molar-refractivity contribution in [2.75, 3.05) is 5.33 Å². The SMILES string of the molecule is O=C(NC1(CBr)CCCCC1)c1ccc([N+](=O)[O-])[nH]1. The number of aromatic amines is 1. The van der Waals surface area contributed by atoms with E-state index < -0.39 is 4.92 Å². The molecular formula is C12H16BrN3O3. The molecule has 0 aliphatic heterocycles. The molecule has 19 heavy (non-hydrogen) atoms. The molecule has 1 aliphatic rings. The Bertz CT molecular complexity index is 480. The lowest BCUT2D eigenvalue weighted by Gasteiger charge is -2.36. The lowest BCUT2D eigenvalue weighted by molar-refractivity contribution is -0.389. The summed E-state index contributed by atoms with van der Waals surface area (Å²) in [5.41, 5.74) is 0.00693. The third-order valence-corrected chi connectivity index (χ3v) is 4.63. The smallest absolute Gasteiger partial charge is 0.321 e. The van der Waals surface area contributed by atoms with E-state index in [2.05, 4.69) is 26.2 Å². The molecule has 1 saturated carbocycles. The lowest BCUT2D eigenvalue weighted by atomic mass is 9.83. The minimum absolute atomic E-state index is 0.165. The fraction of sp³-hybridized carbons (Fsp3) is 0.583. The molecule has 1 heterocycles. The van der Waals surface area contributed by atoms with Crippen LogP contribution in [0.1, 0.15) is 42.6 Å². The van der Waals surface area contributed by atoms with Crippen LogP contribution in [0.2, 0.25) is 0 Å². The quantitative estimate of drug-likeness (QED) is 0.505. The maximum Gasteiger partial charge on any atom is 0.321 e. The predicted molar refractivity (Wildman–Crippen MR) is 74.5 cm³/mol. The van der Waals surface area contributed by atoms with Gasteiger partial charge in [-0.1, -0.05) is 35.2 Å². The zero-order valence-corrected chi connectivity index (χ0v) is 12.0. The molecule has 1 aromatic heterocycles. The number of nitro groups is 1. The van der Waals surface area contributed by atoms with E-state index >= 15 is 0 Å². The van der Waals surface area contributed by atoms with Gasteiger partial charge in [0, 0.05) is 11.4 Å². The van der Waals surface area contributed by atoms with Gasteiger partial charge < -0.3 is 15.4 Å². The number of aromatic nitrogens is 1. The molecule has 0 spiro atoms. The number of hydrogen-bond donors (Lipinski definition) is 2. The van der Waals surface area contributed by atoms with Gasteiger partial charge in [-0.25, -0.2) is 4.98 Å². The summed E-state index contributed by atoms with van der Waals surface area (Å²) in [4.78, 5) is 24.7. The van der Waals surface area contributed by atoms with Gasteiger partial charge in [0.05, 0.1) is 5.54 Å². The third kappa shape index (κ3) is 3.15. The van der Waals surface area contributed by atoms with Gasteiger partial charge in [0.1, 0.15) is 0 Å². The summed E-state index contributed by atoms with van der Waals surface area (Å²) in [5.74, 6) is -0.448. The molecule has 0 radical (unpaired) electrons. The number of amides is 1. The summed E-state index contributed by atoms with van der Waals surface area (Å²) in [5, 5.41) is 14.3. The zero-order valence-electron chi connectivity index (χ0n) is 10.4. The second-order valence-corrected chi connectivity index (χ2v) is 5.50. The number of hydrogen-bond acceptors (Lipinski definition) is 3. The number of halogens is 1. The van der Waals surface area contributed by atoms with E-state index in [1.165, 1.54) is 18.6 Å². The topological polar surface area (TPSA) is 88.0 Å². The molecule has 6 nitrogen and oxygen atoms in total. The van der Waals surface area contributed by atoms with Crippen molar-refractivity contribution in [1.82, 2.24) is 10.3 Å². The second kappa shape index (κ2) is 5.73. The van der Waals surface area contributed by atoms with Gasteiger partial charge in [-0.05, 0) is 23.8 Å². The van der Waals surface area contributed by atoms with Crippen LogP contribution in [-0.4, -0.2) is 26.7 Å². The van der Waals surface area contributed by atoms with E-state index in [0.717, 1.165) is 25.7 Å². The van der Waals surface area contributed by atoms with Gasteiger partial charge in [0.2, 0.25) is 0 Å². The van der Waals surface area contributed by atoms with Crippen LogP contribution in [-0.2, 0) is 0 Å². The average molecular weight is 330 g/mol. The van der Waals surface area contributed by atoms with Crippen molar-refractivity contribution in [2.24, 2.45) is 0 Å². The molecule has 1 fully saturated rings. The molecule has 2 rings (SSSR count). The molecular weight excluding hydrogens is 314 g/mol. The largest absolute Gasteiger partial charge is 0.358 e. The standard InChI is InChI=1S/C12H16BrN3O3/c13-8-12(6-2-1-3-7-12)15-11(17)9-4-5-10(14-9)16(18)19/h4-5,14H,1-3,6-8H2,(H,15,17). The molecule has 104 valence electrons. The second-order valence-electron chi connectivity index (χ2n) is 4.94. The van der Waals surface area contributed by atoms with Crippen LogP contribution in [0, 0.1) is 10.1 Å². The monoisotopic (exact) mass is 329 g/mol. The number of nitrogens with one attached hydrogen (secondary N) is 2. The van der Waals surface area contributed by atoms with Gasteiger partial charge in [0.15, 0.2) is 5.69 Å². The van der Waals surface area contributed by atoms with Crippen molar-refractivity contribution in [3.8, 4) is 0 Å². The molecule has 0 bridgehead atoms. The summed E-state index contributed by atoms with van der Waals surface area (Å²) in [6, 6.07) is 2.74. The molecule has 0 saturated heterocycles. The van der Waals surface area contributed by atoms with E-state index in [1.807, 2.05) is 0 Å². The molecule has 7 heteroatoms. The first-order chi connectivity index (χ1) is 9.06. The van der Waals surface area contributed by atoms with E-state index in [0.29, 0.717) is 5.33 Å². The first kappa shape index (κ1) is 14.0. The molecule has 1 aromatic rings. The lowest BCUT2D eigenvalue weighted by Crippen LogP contribution is -2.51. The molecule has 0 aromatic carbocycles. The van der Waals surface area contributed by atoms with E-state index in [-0.39, 0.29) is 23.0 Å². The molecule has 0 atom stereocenters. The van der Waals surface area contributed by atoms with E-state index in [9.17, 15) is 14.9 Å². The van der Waals surface area contributed by atoms with Crippen molar-refractivity contribution < 1.29 is 9.72 Å². The number of carbonyl (C=O) groups is 1. The highest BCUT2D eigenvalue weighted by Gasteiger charge is 2.33. The molecule has 0 unspecified atom stereocenters. The van der Waals surface area contributed by atoms with Crippen LogP contribution in [0.3, 0.4) is 0 Å². The number of alkyl halides is 1. The Hall–Kier alpha value is -1.37.